The van der Waals surface area contributed by atoms with Gasteiger partial charge in [-0.25, -0.2) is 0 Å². The van der Waals surface area contributed by atoms with Crippen LogP contribution in [-0.4, -0.2) is 34.5 Å². The molecule has 0 bridgehead atoms. The summed E-state index contributed by atoms with van der Waals surface area (Å²) in [7, 11) is 0. The molecule has 0 aliphatic rings. The smallest absolute Gasteiger partial charge is 0.163 e. The van der Waals surface area contributed by atoms with E-state index in [0.717, 1.165) is 44.8 Å². The summed E-state index contributed by atoms with van der Waals surface area (Å²) in [6.45, 7) is 2.12. The number of carbonyl (C=O) groups excluding carboxylic acids is 2. The van der Waals surface area contributed by atoms with E-state index in [-0.39, 0.29) is 5.78 Å². The Hall–Kier alpha value is -1.00. The Balaban J connectivity index is 3.75. The minimum absolute atomic E-state index is 0.291. The van der Waals surface area contributed by atoms with Crippen molar-refractivity contribution >= 4 is 12.1 Å². The number of ketones is 1. The lowest BCUT2D eigenvalue weighted by Crippen LogP contribution is -2.33. The fourth-order valence-electron chi connectivity index (χ4n) is 2.05. The number of carbonyl (C=O) groups is 2. The van der Waals surface area contributed by atoms with E-state index in [1.54, 1.807) is 0 Å². The second-order valence-corrected chi connectivity index (χ2v) is 5.45. The van der Waals surface area contributed by atoms with Crippen LogP contribution in [0.5, 0.6) is 0 Å². The van der Waals surface area contributed by atoms with E-state index in [2.05, 4.69) is 6.92 Å². The van der Waals surface area contributed by atoms with Gasteiger partial charge in [-0.3, -0.25) is 4.79 Å². The number of aliphatic hydroxyl groups is 2. The standard InChI is InChI=1S/C17H30O4/c1-2-3-4-6-9-12-15(19)17(21)16(20)13-10-7-5-8-11-14-18/h6,9,14-15,17,19,21H,2-5,7-8,10-13H2,1H3/b9-6-/t15-,17-/m0/s1. The second kappa shape index (κ2) is 14.0. The SMILES string of the molecule is CCCC/C=C\C[C@H](O)[C@H](O)C(=O)CCCCCCC=O. The predicted octanol–water partition coefficient (Wildman–Crippen LogP) is 2.95. The van der Waals surface area contributed by atoms with Crippen molar-refractivity contribution in [2.75, 3.05) is 0 Å². The van der Waals surface area contributed by atoms with E-state index in [1.807, 2.05) is 12.2 Å². The first-order valence-corrected chi connectivity index (χ1v) is 8.11. The molecule has 2 atom stereocenters. The van der Waals surface area contributed by atoms with Gasteiger partial charge in [-0.1, -0.05) is 44.8 Å². The molecule has 0 radical (unpaired) electrons. The average Bonchev–Trinajstić information content (AvgIpc) is 2.49. The molecule has 0 spiro atoms. The van der Waals surface area contributed by atoms with E-state index in [0.29, 0.717) is 25.7 Å². The van der Waals surface area contributed by atoms with Crippen molar-refractivity contribution in [1.29, 1.82) is 0 Å². The summed E-state index contributed by atoms with van der Waals surface area (Å²) in [5.41, 5.74) is 0. The zero-order valence-electron chi connectivity index (χ0n) is 13.2. The normalized spacial score (nSPS) is 14.2. The Morgan fingerprint density at radius 3 is 2.38 bits per heavy atom. The molecule has 0 saturated heterocycles. The van der Waals surface area contributed by atoms with Crippen LogP contribution in [0.3, 0.4) is 0 Å². The molecule has 122 valence electrons. The zero-order valence-corrected chi connectivity index (χ0v) is 13.2. The molecule has 0 amide bonds. The van der Waals surface area contributed by atoms with E-state index in [9.17, 15) is 19.8 Å². The molecule has 0 unspecified atom stereocenters. The van der Waals surface area contributed by atoms with E-state index >= 15 is 0 Å². The molecule has 2 N–H and O–H groups in total. The third kappa shape index (κ3) is 11.3. The maximum atomic E-state index is 11.7. The molecule has 0 heterocycles. The lowest BCUT2D eigenvalue weighted by atomic mass is 10.0. The topological polar surface area (TPSA) is 74.6 Å². The van der Waals surface area contributed by atoms with Crippen LogP contribution >= 0.6 is 0 Å². The summed E-state index contributed by atoms with van der Waals surface area (Å²) in [6, 6.07) is 0. The second-order valence-electron chi connectivity index (χ2n) is 5.45. The highest BCUT2D eigenvalue weighted by Gasteiger charge is 2.22. The first kappa shape index (κ1) is 20.0. The van der Waals surface area contributed by atoms with Crippen molar-refractivity contribution in [3.8, 4) is 0 Å². The number of hydrogen-bond acceptors (Lipinski definition) is 4. The van der Waals surface area contributed by atoms with Gasteiger partial charge in [0.2, 0.25) is 0 Å². The van der Waals surface area contributed by atoms with Crippen molar-refractivity contribution in [2.24, 2.45) is 0 Å². The zero-order chi connectivity index (χ0) is 15.9. The van der Waals surface area contributed by atoms with Gasteiger partial charge < -0.3 is 15.0 Å². The fourth-order valence-corrected chi connectivity index (χ4v) is 2.05. The highest BCUT2D eigenvalue weighted by molar-refractivity contribution is 5.83. The molecule has 0 fully saturated rings. The third-order valence-electron chi connectivity index (χ3n) is 3.46. The van der Waals surface area contributed by atoms with E-state index in [4.69, 9.17) is 0 Å². The van der Waals surface area contributed by atoms with Gasteiger partial charge in [0.05, 0.1) is 6.10 Å². The molecular weight excluding hydrogens is 268 g/mol. The highest BCUT2D eigenvalue weighted by atomic mass is 16.3. The molecule has 21 heavy (non-hydrogen) atoms. The first-order valence-electron chi connectivity index (χ1n) is 8.11. The molecule has 4 heteroatoms. The van der Waals surface area contributed by atoms with Gasteiger partial charge in [-0.05, 0) is 25.7 Å². The van der Waals surface area contributed by atoms with Crippen LogP contribution in [0.15, 0.2) is 12.2 Å². The molecule has 0 aromatic carbocycles. The summed E-state index contributed by atoms with van der Waals surface area (Å²) in [5, 5.41) is 19.5. The Morgan fingerprint density at radius 1 is 1.00 bits per heavy atom. The maximum absolute atomic E-state index is 11.7. The summed E-state index contributed by atoms with van der Waals surface area (Å²) in [6.07, 6.45) is 10.2. The van der Waals surface area contributed by atoms with Crippen LogP contribution in [0, 0.1) is 0 Å². The molecule has 4 nitrogen and oxygen atoms in total. The predicted molar refractivity (Wildman–Crippen MR) is 84.1 cm³/mol. The average molecular weight is 298 g/mol. The number of unbranched alkanes of at least 4 members (excludes halogenated alkanes) is 6. The van der Waals surface area contributed by atoms with Crippen LogP contribution in [0.25, 0.3) is 0 Å². The molecule has 0 aromatic heterocycles. The number of hydrogen-bond donors (Lipinski definition) is 2. The Morgan fingerprint density at radius 2 is 1.71 bits per heavy atom. The van der Waals surface area contributed by atoms with Gasteiger partial charge in [0, 0.05) is 12.8 Å². The summed E-state index contributed by atoms with van der Waals surface area (Å²) >= 11 is 0. The van der Waals surface area contributed by atoms with E-state index < -0.39 is 12.2 Å². The highest BCUT2D eigenvalue weighted by Crippen LogP contribution is 2.10. The van der Waals surface area contributed by atoms with Gasteiger partial charge in [-0.15, -0.1) is 0 Å². The van der Waals surface area contributed by atoms with Gasteiger partial charge in [0.15, 0.2) is 5.78 Å². The Bertz CT molecular complexity index is 299. The lowest BCUT2D eigenvalue weighted by molar-refractivity contribution is -0.132. The molecule has 0 aromatic rings. The van der Waals surface area contributed by atoms with E-state index in [1.165, 1.54) is 0 Å². The first-order chi connectivity index (χ1) is 10.1. The van der Waals surface area contributed by atoms with Crippen LogP contribution in [0.2, 0.25) is 0 Å². The van der Waals surface area contributed by atoms with Crippen LogP contribution in [0.4, 0.5) is 0 Å². The number of aldehydes is 1. The maximum Gasteiger partial charge on any atom is 0.163 e. The van der Waals surface area contributed by atoms with Crippen LogP contribution in [0.1, 0.15) is 71.1 Å². The van der Waals surface area contributed by atoms with Crippen molar-refractivity contribution in [3.63, 3.8) is 0 Å². The third-order valence-corrected chi connectivity index (χ3v) is 3.46. The Labute approximate surface area is 128 Å². The van der Waals surface area contributed by atoms with Gasteiger partial charge in [-0.2, -0.15) is 0 Å². The van der Waals surface area contributed by atoms with Gasteiger partial charge in [0.1, 0.15) is 12.4 Å². The van der Waals surface area contributed by atoms with Gasteiger partial charge >= 0.3 is 0 Å². The van der Waals surface area contributed by atoms with Crippen molar-refractivity contribution in [1.82, 2.24) is 0 Å². The van der Waals surface area contributed by atoms with Crippen LogP contribution in [-0.2, 0) is 9.59 Å². The summed E-state index contributed by atoms with van der Waals surface area (Å²) in [4.78, 5) is 21.9. The van der Waals surface area contributed by atoms with Crippen molar-refractivity contribution in [2.45, 2.75) is 83.3 Å². The molecule has 0 rings (SSSR count). The summed E-state index contributed by atoms with van der Waals surface area (Å²) in [5.74, 6) is -0.292. The number of rotatable bonds is 14. The molecule has 0 aliphatic carbocycles. The lowest BCUT2D eigenvalue weighted by Gasteiger charge is -2.15. The molecule has 0 saturated carbocycles. The number of aliphatic hydroxyl groups excluding tert-OH is 2. The van der Waals surface area contributed by atoms with Crippen molar-refractivity contribution < 1.29 is 19.8 Å². The minimum atomic E-state index is -1.28. The van der Waals surface area contributed by atoms with Crippen LogP contribution < -0.4 is 0 Å². The van der Waals surface area contributed by atoms with Crippen molar-refractivity contribution in [3.05, 3.63) is 12.2 Å². The monoisotopic (exact) mass is 298 g/mol. The molecular formula is C17H30O4. The quantitative estimate of drug-likeness (QED) is 0.294. The number of allylic oxidation sites excluding steroid dienone is 1. The minimum Gasteiger partial charge on any atom is -0.390 e. The summed E-state index contributed by atoms with van der Waals surface area (Å²) < 4.78 is 0. The number of Topliss-reactive ketones (excluding diaryl/α,β-unsaturated/α-hetero) is 1. The fraction of sp³-hybridized carbons (Fsp3) is 0.765. The molecule has 0 aliphatic heterocycles. The Kier molecular flexibility index (Phi) is 13.3. The van der Waals surface area contributed by atoms with Gasteiger partial charge in [0.25, 0.3) is 0 Å². The largest absolute Gasteiger partial charge is 0.390 e.